The lowest BCUT2D eigenvalue weighted by Crippen LogP contribution is -2.07. The van der Waals surface area contributed by atoms with Crippen molar-refractivity contribution in [2.75, 3.05) is 0 Å². The zero-order valence-electron chi connectivity index (χ0n) is 24.1. The van der Waals surface area contributed by atoms with Crippen molar-refractivity contribution in [3.63, 3.8) is 0 Å². The summed E-state index contributed by atoms with van der Waals surface area (Å²) in [5.74, 6) is 0. The third-order valence-electron chi connectivity index (χ3n) is 7.65. The minimum absolute atomic E-state index is 0.288. The minimum atomic E-state index is -3.93. The van der Waals surface area contributed by atoms with Crippen LogP contribution in [0.15, 0.2) is 161 Å². The molecule has 0 amide bonds. The second-order valence-electron chi connectivity index (χ2n) is 10.6. The lowest BCUT2D eigenvalue weighted by Gasteiger charge is -2.14. The SMILES string of the molecule is Cc1ccc(S(=O)(=O)c2c(-c3ccccc3)c(Cc3ccccc3)n(C/C=C/c3ccccc3)c2-c2ccccc2)cc1. The Labute approximate surface area is 254 Å². The van der Waals surface area contributed by atoms with E-state index in [0.717, 1.165) is 39.1 Å². The second-order valence-corrected chi connectivity index (χ2v) is 12.5. The molecule has 6 rings (SSSR count). The molecule has 0 aliphatic rings. The van der Waals surface area contributed by atoms with Gasteiger partial charge in [-0.05, 0) is 41.3 Å². The Morgan fingerprint density at radius 2 is 1.16 bits per heavy atom. The van der Waals surface area contributed by atoms with Crippen LogP contribution in [0.5, 0.6) is 0 Å². The Kier molecular flexibility index (Phi) is 8.21. The van der Waals surface area contributed by atoms with Crippen LogP contribution in [-0.4, -0.2) is 13.0 Å². The van der Waals surface area contributed by atoms with Gasteiger partial charge in [-0.1, -0.05) is 151 Å². The Morgan fingerprint density at radius 1 is 0.628 bits per heavy atom. The van der Waals surface area contributed by atoms with Gasteiger partial charge in [-0.2, -0.15) is 0 Å². The molecule has 4 heteroatoms. The van der Waals surface area contributed by atoms with Gasteiger partial charge < -0.3 is 4.57 Å². The van der Waals surface area contributed by atoms with Crippen LogP contribution in [0.1, 0.15) is 22.4 Å². The van der Waals surface area contributed by atoms with Crippen molar-refractivity contribution < 1.29 is 8.42 Å². The van der Waals surface area contributed by atoms with Gasteiger partial charge in [0.1, 0.15) is 4.90 Å². The Hall–Kier alpha value is -4.93. The number of rotatable bonds is 9. The zero-order valence-corrected chi connectivity index (χ0v) is 24.9. The zero-order chi connectivity index (χ0) is 29.6. The molecular weight excluding hydrogens is 547 g/mol. The molecule has 43 heavy (non-hydrogen) atoms. The standard InChI is InChI=1S/C39H33NO2S/c1-30-24-26-35(27-25-30)43(41,42)39-37(33-20-10-4-11-21-33)36(29-32-17-8-3-9-18-32)40(38(39)34-22-12-5-13-23-34)28-14-19-31-15-6-2-7-16-31/h2-27H,28-29H2,1H3/b19-14+. The number of aryl methyl sites for hydroxylation is 1. The van der Waals surface area contributed by atoms with Crippen LogP contribution >= 0.6 is 0 Å². The number of sulfone groups is 1. The number of benzene rings is 5. The highest BCUT2D eigenvalue weighted by Gasteiger charge is 2.33. The summed E-state index contributed by atoms with van der Waals surface area (Å²) in [5.41, 5.74) is 7.36. The first-order chi connectivity index (χ1) is 21.0. The van der Waals surface area contributed by atoms with Gasteiger partial charge >= 0.3 is 0 Å². The fourth-order valence-corrected chi connectivity index (χ4v) is 7.27. The molecule has 0 radical (unpaired) electrons. The van der Waals surface area contributed by atoms with Crippen LogP contribution in [0, 0.1) is 6.92 Å². The van der Waals surface area contributed by atoms with Crippen molar-refractivity contribution >= 4 is 15.9 Å². The van der Waals surface area contributed by atoms with Crippen molar-refractivity contribution in [1.29, 1.82) is 0 Å². The first kappa shape index (κ1) is 28.2. The third-order valence-corrected chi connectivity index (χ3v) is 9.48. The fourth-order valence-electron chi connectivity index (χ4n) is 5.56. The van der Waals surface area contributed by atoms with Gasteiger partial charge in [0.2, 0.25) is 9.84 Å². The van der Waals surface area contributed by atoms with Crippen LogP contribution in [0.2, 0.25) is 0 Å². The molecule has 0 aliphatic carbocycles. The molecule has 0 atom stereocenters. The average Bonchev–Trinajstić information content (AvgIpc) is 3.37. The van der Waals surface area contributed by atoms with Crippen molar-refractivity contribution in [2.24, 2.45) is 0 Å². The van der Waals surface area contributed by atoms with E-state index in [-0.39, 0.29) is 4.90 Å². The van der Waals surface area contributed by atoms with Crippen molar-refractivity contribution in [2.45, 2.75) is 29.7 Å². The Bertz CT molecular complexity index is 1940. The van der Waals surface area contributed by atoms with Crippen molar-refractivity contribution in [3.05, 3.63) is 174 Å². The molecule has 1 aromatic heterocycles. The van der Waals surface area contributed by atoms with E-state index >= 15 is 0 Å². The largest absolute Gasteiger partial charge is 0.339 e. The van der Waals surface area contributed by atoms with E-state index in [4.69, 9.17) is 0 Å². The van der Waals surface area contributed by atoms with Crippen molar-refractivity contribution in [1.82, 2.24) is 4.57 Å². The Morgan fingerprint density at radius 3 is 1.77 bits per heavy atom. The monoisotopic (exact) mass is 579 g/mol. The number of aromatic nitrogens is 1. The summed E-state index contributed by atoms with van der Waals surface area (Å²) in [4.78, 5) is 0.628. The number of allylic oxidation sites excluding steroid dienone is 1. The molecule has 0 N–H and O–H groups in total. The lowest BCUT2D eigenvalue weighted by molar-refractivity contribution is 0.596. The molecule has 0 bridgehead atoms. The molecular formula is C39H33NO2S. The first-order valence-electron chi connectivity index (χ1n) is 14.5. The van der Waals surface area contributed by atoms with E-state index in [2.05, 4.69) is 41.0 Å². The molecule has 6 aromatic rings. The predicted molar refractivity (Wildman–Crippen MR) is 177 cm³/mol. The van der Waals surface area contributed by atoms with E-state index < -0.39 is 9.84 Å². The maximum Gasteiger partial charge on any atom is 0.209 e. The van der Waals surface area contributed by atoms with Gasteiger partial charge in [0, 0.05) is 24.2 Å². The summed E-state index contributed by atoms with van der Waals surface area (Å²) in [6.07, 6.45) is 4.79. The molecule has 0 spiro atoms. The normalized spacial score (nSPS) is 11.7. The molecule has 0 saturated carbocycles. The highest BCUT2D eigenvalue weighted by molar-refractivity contribution is 7.91. The van der Waals surface area contributed by atoms with Gasteiger partial charge in [-0.25, -0.2) is 8.42 Å². The summed E-state index contributed by atoms with van der Waals surface area (Å²) < 4.78 is 31.8. The molecule has 0 unspecified atom stereocenters. The molecule has 0 fully saturated rings. The quantitative estimate of drug-likeness (QED) is 0.171. The van der Waals surface area contributed by atoms with Crippen LogP contribution in [0.25, 0.3) is 28.5 Å². The van der Waals surface area contributed by atoms with E-state index in [9.17, 15) is 8.42 Å². The topological polar surface area (TPSA) is 39.1 Å². The van der Waals surface area contributed by atoms with E-state index in [1.165, 1.54) is 0 Å². The van der Waals surface area contributed by atoms with Crippen LogP contribution in [-0.2, 0) is 22.8 Å². The lowest BCUT2D eigenvalue weighted by atomic mass is 10.0. The fraction of sp³-hybridized carbons (Fsp3) is 0.0769. The molecule has 0 saturated heterocycles. The summed E-state index contributed by atoms with van der Waals surface area (Å²) in [6.45, 7) is 2.47. The molecule has 0 aliphatic heterocycles. The number of nitrogens with zero attached hydrogens (tertiary/aromatic N) is 1. The maximum atomic E-state index is 14.8. The molecule has 212 valence electrons. The van der Waals surface area contributed by atoms with Crippen molar-refractivity contribution in [3.8, 4) is 22.4 Å². The smallest absolute Gasteiger partial charge is 0.209 e. The average molecular weight is 580 g/mol. The van der Waals surface area contributed by atoms with E-state index in [1.54, 1.807) is 12.1 Å². The van der Waals surface area contributed by atoms with Gasteiger partial charge in [0.15, 0.2) is 0 Å². The van der Waals surface area contributed by atoms with Crippen LogP contribution in [0.3, 0.4) is 0 Å². The Balaban J connectivity index is 1.69. The summed E-state index contributed by atoms with van der Waals surface area (Å²) in [5, 5.41) is 0. The second kappa shape index (κ2) is 12.5. The third kappa shape index (κ3) is 6.01. The summed E-state index contributed by atoms with van der Waals surface area (Å²) in [7, 11) is -3.93. The summed E-state index contributed by atoms with van der Waals surface area (Å²) in [6, 6.07) is 47.4. The summed E-state index contributed by atoms with van der Waals surface area (Å²) >= 11 is 0. The minimum Gasteiger partial charge on any atom is -0.339 e. The first-order valence-corrected chi connectivity index (χ1v) is 15.9. The van der Waals surface area contributed by atoms with E-state index in [1.807, 2.05) is 116 Å². The molecule has 5 aromatic carbocycles. The highest BCUT2D eigenvalue weighted by Crippen LogP contribution is 2.44. The van der Waals surface area contributed by atoms with Gasteiger partial charge in [0.25, 0.3) is 0 Å². The number of hydrogen-bond acceptors (Lipinski definition) is 2. The van der Waals surface area contributed by atoms with Crippen LogP contribution < -0.4 is 0 Å². The predicted octanol–water partition coefficient (Wildman–Crippen LogP) is 9.27. The maximum absolute atomic E-state index is 14.8. The van der Waals surface area contributed by atoms with Gasteiger partial charge in [-0.3, -0.25) is 0 Å². The van der Waals surface area contributed by atoms with E-state index in [0.29, 0.717) is 23.6 Å². The molecule has 1 heterocycles. The number of hydrogen-bond donors (Lipinski definition) is 0. The highest BCUT2D eigenvalue weighted by atomic mass is 32.2. The van der Waals surface area contributed by atoms with Gasteiger partial charge in [-0.15, -0.1) is 0 Å². The molecule has 3 nitrogen and oxygen atoms in total. The van der Waals surface area contributed by atoms with Gasteiger partial charge in [0.05, 0.1) is 10.6 Å². The van der Waals surface area contributed by atoms with Crippen LogP contribution in [0.4, 0.5) is 0 Å².